The summed E-state index contributed by atoms with van der Waals surface area (Å²) < 4.78 is 0. The van der Waals surface area contributed by atoms with Crippen molar-refractivity contribution in [1.29, 1.82) is 0 Å². The lowest BCUT2D eigenvalue weighted by Crippen LogP contribution is -2.04. The number of hydrogen-bond acceptors (Lipinski definition) is 1. The highest BCUT2D eigenvalue weighted by atomic mass is 16.1. The van der Waals surface area contributed by atoms with E-state index >= 15 is 0 Å². The van der Waals surface area contributed by atoms with Gasteiger partial charge >= 0.3 is 0 Å². The van der Waals surface area contributed by atoms with Crippen molar-refractivity contribution >= 4 is 16.7 Å². The molecule has 2 rings (SSSR count). The van der Waals surface area contributed by atoms with Gasteiger partial charge in [0.25, 0.3) is 0 Å². The number of benzene rings is 1. The van der Waals surface area contributed by atoms with Gasteiger partial charge in [0, 0.05) is 23.5 Å². The maximum absolute atomic E-state index is 11.4. The first-order chi connectivity index (χ1) is 8.72. The highest BCUT2D eigenvalue weighted by molar-refractivity contribution is 5.85. The first-order valence-electron chi connectivity index (χ1n) is 6.77. The minimum Gasteiger partial charge on any atom is -0.361 e. The molecule has 1 heterocycles. The molecule has 0 spiro atoms. The van der Waals surface area contributed by atoms with Gasteiger partial charge in [0.15, 0.2) is 0 Å². The molecule has 2 heteroatoms. The number of aromatic nitrogens is 1. The molecule has 0 unspecified atom stereocenters. The second-order valence-electron chi connectivity index (χ2n) is 5.03. The molecule has 0 bridgehead atoms. The largest absolute Gasteiger partial charge is 0.361 e. The molecule has 0 saturated heterocycles. The Morgan fingerprint density at radius 1 is 1.33 bits per heavy atom. The van der Waals surface area contributed by atoms with Crippen LogP contribution in [0.1, 0.15) is 51.0 Å². The van der Waals surface area contributed by atoms with Crippen molar-refractivity contribution in [3.63, 3.8) is 0 Å². The van der Waals surface area contributed by atoms with Crippen molar-refractivity contribution in [2.24, 2.45) is 0 Å². The quantitative estimate of drug-likeness (QED) is 0.800. The Bertz CT molecular complexity index is 527. The summed E-state index contributed by atoms with van der Waals surface area (Å²) in [5.74, 6) is 0.639. The Balaban J connectivity index is 2.31. The van der Waals surface area contributed by atoms with E-state index in [2.05, 4.69) is 36.3 Å². The van der Waals surface area contributed by atoms with Crippen LogP contribution in [0.5, 0.6) is 0 Å². The minimum absolute atomic E-state index is 0.279. The van der Waals surface area contributed by atoms with Gasteiger partial charge in [-0.25, -0.2) is 0 Å². The molecule has 0 radical (unpaired) electrons. The molecule has 0 amide bonds. The van der Waals surface area contributed by atoms with Crippen LogP contribution < -0.4 is 0 Å². The summed E-state index contributed by atoms with van der Waals surface area (Å²) in [6, 6.07) is 8.32. The van der Waals surface area contributed by atoms with Gasteiger partial charge in [-0.05, 0) is 30.9 Å². The molecular weight excluding hydrogens is 222 g/mol. The molecule has 1 aromatic heterocycles. The second-order valence-corrected chi connectivity index (χ2v) is 5.03. The van der Waals surface area contributed by atoms with Crippen LogP contribution in [0.4, 0.5) is 0 Å². The molecule has 0 saturated carbocycles. The van der Waals surface area contributed by atoms with E-state index in [-0.39, 0.29) is 5.78 Å². The van der Waals surface area contributed by atoms with Gasteiger partial charge < -0.3 is 9.78 Å². The number of unbranched alkanes of at least 4 members (excludes halogenated alkanes) is 1. The molecule has 2 nitrogen and oxygen atoms in total. The van der Waals surface area contributed by atoms with Crippen LogP contribution in [0.25, 0.3) is 10.9 Å². The molecule has 1 N–H and O–H groups in total. The van der Waals surface area contributed by atoms with E-state index in [1.165, 1.54) is 23.8 Å². The predicted octanol–water partition coefficient (Wildman–Crippen LogP) is 4.42. The fraction of sp³-hybridized carbons (Fsp3) is 0.438. The third-order valence-electron chi connectivity index (χ3n) is 3.50. The summed E-state index contributed by atoms with van der Waals surface area (Å²) in [5.41, 5.74) is 2.46. The lowest BCUT2D eigenvalue weighted by atomic mass is 9.89. The summed E-state index contributed by atoms with van der Waals surface area (Å²) in [7, 11) is 0. The number of fused-ring (bicyclic) bond motifs is 1. The Morgan fingerprint density at radius 3 is 2.83 bits per heavy atom. The van der Waals surface area contributed by atoms with E-state index in [0.29, 0.717) is 12.3 Å². The Labute approximate surface area is 108 Å². The smallest absolute Gasteiger partial charge is 0.130 e. The third-order valence-corrected chi connectivity index (χ3v) is 3.50. The number of aromatic amines is 1. The van der Waals surface area contributed by atoms with Gasteiger partial charge in [-0.2, -0.15) is 0 Å². The van der Waals surface area contributed by atoms with E-state index in [1.807, 2.05) is 6.07 Å². The average Bonchev–Trinajstić information content (AvgIpc) is 2.78. The van der Waals surface area contributed by atoms with Gasteiger partial charge in [-0.1, -0.05) is 38.0 Å². The zero-order chi connectivity index (χ0) is 13.0. The Hall–Kier alpha value is -1.57. The van der Waals surface area contributed by atoms with E-state index in [4.69, 9.17) is 0 Å². The van der Waals surface area contributed by atoms with Crippen molar-refractivity contribution in [3.05, 3.63) is 36.0 Å². The van der Waals surface area contributed by atoms with Crippen molar-refractivity contribution in [2.75, 3.05) is 0 Å². The second kappa shape index (κ2) is 5.85. The van der Waals surface area contributed by atoms with Crippen molar-refractivity contribution < 1.29 is 4.79 Å². The van der Waals surface area contributed by atoms with Gasteiger partial charge in [0.05, 0.1) is 0 Å². The lowest BCUT2D eigenvalue weighted by molar-refractivity contribution is -0.117. The minimum atomic E-state index is 0.279. The Morgan fingerprint density at radius 2 is 2.11 bits per heavy atom. The summed E-state index contributed by atoms with van der Waals surface area (Å²) in [6.07, 6.45) is 6.18. The third kappa shape index (κ3) is 2.81. The molecule has 2 aromatic rings. The number of hydrogen-bond donors (Lipinski definition) is 1. The number of rotatable bonds is 6. The first kappa shape index (κ1) is 12.9. The fourth-order valence-corrected chi connectivity index (χ4v) is 2.60. The van der Waals surface area contributed by atoms with Crippen LogP contribution >= 0.6 is 0 Å². The molecule has 0 fully saturated rings. The van der Waals surface area contributed by atoms with Gasteiger partial charge in [-0.3, -0.25) is 0 Å². The number of carbonyl (C=O) groups excluding carboxylic acids is 1. The SMILES string of the molecule is CCCC[C@@H](CC(C)=O)c1c[nH]c2ccccc12. The van der Waals surface area contributed by atoms with Crippen LogP contribution in [-0.2, 0) is 4.79 Å². The first-order valence-corrected chi connectivity index (χ1v) is 6.77. The number of Topliss-reactive ketones (excluding diaryl/α,β-unsaturated/α-hetero) is 1. The molecule has 96 valence electrons. The van der Waals surface area contributed by atoms with Crippen molar-refractivity contribution in [2.45, 2.75) is 45.4 Å². The summed E-state index contributed by atoms with van der Waals surface area (Å²) in [5, 5.41) is 1.26. The zero-order valence-corrected chi connectivity index (χ0v) is 11.2. The number of nitrogens with one attached hydrogen (secondary N) is 1. The average molecular weight is 243 g/mol. The molecule has 0 aliphatic heterocycles. The molecule has 1 aromatic carbocycles. The summed E-state index contributed by atoms with van der Waals surface area (Å²) in [6.45, 7) is 3.88. The Kier molecular flexibility index (Phi) is 4.19. The van der Waals surface area contributed by atoms with Gasteiger partial charge in [0.2, 0.25) is 0 Å². The lowest BCUT2D eigenvalue weighted by Gasteiger charge is -2.14. The maximum atomic E-state index is 11.4. The van der Waals surface area contributed by atoms with E-state index < -0.39 is 0 Å². The van der Waals surface area contributed by atoms with Crippen LogP contribution in [0.2, 0.25) is 0 Å². The molecule has 18 heavy (non-hydrogen) atoms. The number of ketones is 1. The van der Waals surface area contributed by atoms with E-state index in [1.54, 1.807) is 6.92 Å². The predicted molar refractivity (Wildman–Crippen MR) is 75.9 cm³/mol. The molecule has 0 aliphatic carbocycles. The highest BCUT2D eigenvalue weighted by Crippen LogP contribution is 2.31. The van der Waals surface area contributed by atoms with Crippen molar-refractivity contribution in [1.82, 2.24) is 4.98 Å². The van der Waals surface area contributed by atoms with Gasteiger partial charge in [-0.15, -0.1) is 0 Å². The highest BCUT2D eigenvalue weighted by Gasteiger charge is 2.17. The topological polar surface area (TPSA) is 32.9 Å². The molecular formula is C16H21NO. The van der Waals surface area contributed by atoms with Crippen LogP contribution in [0.15, 0.2) is 30.5 Å². The van der Waals surface area contributed by atoms with Crippen LogP contribution in [-0.4, -0.2) is 10.8 Å². The fourth-order valence-electron chi connectivity index (χ4n) is 2.60. The standard InChI is InChI=1S/C16H21NO/c1-3-4-7-13(10-12(2)18)15-11-17-16-9-6-5-8-14(15)16/h5-6,8-9,11,13,17H,3-4,7,10H2,1-2H3/t13-/m0/s1. The normalized spacial score (nSPS) is 12.8. The monoisotopic (exact) mass is 243 g/mol. The molecule has 0 aliphatic rings. The van der Waals surface area contributed by atoms with Crippen LogP contribution in [0.3, 0.4) is 0 Å². The van der Waals surface area contributed by atoms with Crippen LogP contribution in [0, 0.1) is 0 Å². The number of para-hydroxylation sites is 1. The maximum Gasteiger partial charge on any atom is 0.130 e. The molecule has 1 atom stereocenters. The summed E-state index contributed by atoms with van der Waals surface area (Å²) in [4.78, 5) is 14.7. The van der Waals surface area contributed by atoms with Gasteiger partial charge in [0.1, 0.15) is 5.78 Å². The van der Waals surface area contributed by atoms with E-state index in [9.17, 15) is 4.79 Å². The number of H-pyrrole nitrogens is 1. The zero-order valence-electron chi connectivity index (χ0n) is 11.2. The van der Waals surface area contributed by atoms with E-state index in [0.717, 1.165) is 11.9 Å². The summed E-state index contributed by atoms with van der Waals surface area (Å²) >= 11 is 0. The number of carbonyl (C=O) groups is 1. The van der Waals surface area contributed by atoms with Crippen molar-refractivity contribution in [3.8, 4) is 0 Å².